The Labute approximate surface area is 121 Å². The van der Waals surface area contributed by atoms with Gasteiger partial charge in [0.05, 0.1) is 0 Å². The molecule has 1 aliphatic rings. The molecule has 20 heavy (non-hydrogen) atoms. The van der Waals surface area contributed by atoms with E-state index in [1.807, 2.05) is 12.1 Å². The minimum absolute atomic E-state index is 0.369. The highest BCUT2D eigenvalue weighted by atomic mass is 16.1. The van der Waals surface area contributed by atoms with Crippen LogP contribution < -0.4 is 11.1 Å². The molecular weight excluding hydrogens is 248 g/mol. The molecule has 1 aromatic carbocycles. The van der Waals surface area contributed by atoms with Gasteiger partial charge in [-0.1, -0.05) is 26.7 Å². The fourth-order valence-corrected chi connectivity index (χ4v) is 3.27. The molecule has 2 unspecified atom stereocenters. The third kappa shape index (κ3) is 4.26. The van der Waals surface area contributed by atoms with E-state index in [1.54, 1.807) is 12.1 Å². The molecule has 3 nitrogen and oxygen atoms in total. The Kier molecular flexibility index (Phi) is 5.05. The van der Waals surface area contributed by atoms with Gasteiger partial charge in [0.1, 0.15) is 0 Å². The van der Waals surface area contributed by atoms with E-state index in [4.69, 9.17) is 5.73 Å². The van der Waals surface area contributed by atoms with Gasteiger partial charge in [0.25, 0.3) is 0 Å². The summed E-state index contributed by atoms with van der Waals surface area (Å²) in [4.78, 5) is 11.0. The Morgan fingerprint density at radius 3 is 2.60 bits per heavy atom. The van der Waals surface area contributed by atoms with Crippen molar-refractivity contribution in [2.75, 3.05) is 5.32 Å². The lowest BCUT2D eigenvalue weighted by Gasteiger charge is -2.31. The van der Waals surface area contributed by atoms with Crippen LogP contribution in [0.4, 0.5) is 5.69 Å². The average Bonchev–Trinajstić information content (AvgIpc) is 2.39. The van der Waals surface area contributed by atoms with Gasteiger partial charge in [-0.15, -0.1) is 0 Å². The van der Waals surface area contributed by atoms with Gasteiger partial charge in [0, 0.05) is 17.3 Å². The zero-order valence-electron chi connectivity index (χ0n) is 12.6. The molecule has 0 aromatic heterocycles. The van der Waals surface area contributed by atoms with E-state index < -0.39 is 0 Å². The van der Waals surface area contributed by atoms with Gasteiger partial charge >= 0.3 is 0 Å². The summed E-state index contributed by atoms with van der Waals surface area (Å²) in [6.07, 6.45) is 6.52. The number of hydrogen-bond donors (Lipinski definition) is 2. The van der Waals surface area contributed by atoms with Crippen LogP contribution in [0, 0.1) is 11.8 Å². The molecule has 1 amide bonds. The first-order chi connectivity index (χ1) is 9.54. The lowest BCUT2D eigenvalue weighted by atomic mass is 9.81. The predicted octanol–water partition coefficient (Wildman–Crippen LogP) is 3.80. The molecule has 3 N–H and O–H groups in total. The van der Waals surface area contributed by atoms with E-state index in [2.05, 4.69) is 19.2 Å². The first-order valence-corrected chi connectivity index (χ1v) is 7.71. The van der Waals surface area contributed by atoms with Crippen LogP contribution in [-0.2, 0) is 0 Å². The normalized spacial score (nSPS) is 22.8. The van der Waals surface area contributed by atoms with Crippen LogP contribution in [0.3, 0.4) is 0 Å². The molecule has 0 radical (unpaired) electrons. The maximum Gasteiger partial charge on any atom is 0.248 e. The number of rotatable bonds is 5. The average molecular weight is 274 g/mol. The van der Waals surface area contributed by atoms with Crippen LogP contribution in [-0.4, -0.2) is 11.9 Å². The summed E-state index contributed by atoms with van der Waals surface area (Å²) in [6.45, 7) is 4.61. The highest BCUT2D eigenvalue weighted by Crippen LogP contribution is 2.31. The number of nitrogens with two attached hydrogens (primary N) is 1. The fourth-order valence-electron chi connectivity index (χ4n) is 3.27. The summed E-state index contributed by atoms with van der Waals surface area (Å²) in [5.74, 6) is 1.27. The molecule has 0 bridgehead atoms. The molecule has 1 aromatic rings. The Morgan fingerprint density at radius 1 is 1.30 bits per heavy atom. The van der Waals surface area contributed by atoms with E-state index in [-0.39, 0.29) is 5.91 Å². The molecule has 3 heteroatoms. The number of benzene rings is 1. The largest absolute Gasteiger partial charge is 0.382 e. The maximum absolute atomic E-state index is 11.0. The molecule has 0 heterocycles. The van der Waals surface area contributed by atoms with Crippen molar-refractivity contribution in [1.82, 2.24) is 0 Å². The Morgan fingerprint density at radius 2 is 2.00 bits per heavy atom. The number of amides is 1. The third-order valence-corrected chi connectivity index (χ3v) is 4.13. The monoisotopic (exact) mass is 274 g/mol. The van der Waals surface area contributed by atoms with Crippen molar-refractivity contribution in [3.63, 3.8) is 0 Å². The van der Waals surface area contributed by atoms with Gasteiger partial charge in [-0.3, -0.25) is 4.79 Å². The SMILES string of the molecule is CC(C)CC1CCCC(Nc2ccc(C(N)=O)cc2)C1. The molecule has 0 saturated heterocycles. The third-order valence-electron chi connectivity index (χ3n) is 4.13. The fraction of sp³-hybridized carbons (Fsp3) is 0.588. The molecular formula is C17H26N2O. The number of primary amides is 1. The smallest absolute Gasteiger partial charge is 0.248 e. The zero-order chi connectivity index (χ0) is 14.5. The first kappa shape index (κ1) is 14.9. The summed E-state index contributed by atoms with van der Waals surface area (Å²) >= 11 is 0. The number of hydrogen-bond acceptors (Lipinski definition) is 2. The van der Waals surface area contributed by atoms with E-state index in [9.17, 15) is 4.79 Å². The minimum atomic E-state index is -0.369. The van der Waals surface area contributed by atoms with Crippen molar-refractivity contribution in [3.05, 3.63) is 29.8 Å². The summed E-state index contributed by atoms with van der Waals surface area (Å²) in [5, 5.41) is 3.60. The van der Waals surface area contributed by atoms with Gasteiger partial charge in [-0.2, -0.15) is 0 Å². The molecule has 1 fully saturated rings. The second kappa shape index (κ2) is 6.78. The molecule has 0 aliphatic heterocycles. The number of nitrogens with one attached hydrogen (secondary N) is 1. The lowest BCUT2D eigenvalue weighted by Crippen LogP contribution is -2.28. The van der Waals surface area contributed by atoms with Gasteiger partial charge < -0.3 is 11.1 Å². The van der Waals surface area contributed by atoms with E-state index >= 15 is 0 Å². The second-order valence-corrected chi connectivity index (χ2v) is 6.45. The Balaban J connectivity index is 1.90. The van der Waals surface area contributed by atoms with Crippen molar-refractivity contribution in [2.24, 2.45) is 17.6 Å². The lowest BCUT2D eigenvalue weighted by molar-refractivity contribution is 0.100. The molecule has 0 spiro atoms. The summed E-state index contributed by atoms with van der Waals surface area (Å²) in [6, 6.07) is 8.04. The standard InChI is InChI=1S/C17H26N2O/c1-12(2)10-13-4-3-5-16(11-13)19-15-8-6-14(7-9-15)17(18)20/h6-9,12-13,16,19H,3-5,10-11H2,1-2H3,(H2,18,20). The number of carbonyl (C=O) groups is 1. The second-order valence-electron chi connectivity index (χ2n) is 6.45. The summed E-state index contributed by atoms with van der Waals surface area (Å²) in [5.41, 5.74) is 6.91. The Bertz CT molecular complexity index is 439. The van der Waals surface area contributed by atoms with Crippen LogP contribution in [0.1, 0.15) is 56.3 Å². The van der Waals surface area contributed by atoms with E-state index in [1.165, 1.54) is 32.1 Å². The number of anilines is 1. The van der Waals surface area contributed by atoms with Crippen LogP contribution in [0.15, 0.2) is 24.3 Å². The summed E-state index contributed by atoms with van der Waals surface area (Å²) in [7, 11) is 0. The zero-order valence-corrected chi connectivity index (χ0v) is 12.6. The predicted molar refractivity (Wildman–Crippen MR) is 83.8 cm³/mol. The van der Waals surface area contributed by atoms with Crippen LogP contribution in [0.2, 0.25) is 0 Å². The van der Waals surface area contributed by atoms with Crippen molar-refractivity contribution in [1.29, 1.82) is 0 Å². The number of carbonyl (C=O) groups excluding carboxylic acids is 1. The van der Waals surface area contributed by atoms with Gasteiger partial charge in [0.2, 0.25) is 5.91 Å². The van der Waals surface area contributed by atoms with Gasteiger partial charge in [-0.25, -0.2) is 0 Å². The Hall–Kier alpha value is -1.51. The molecule has 2 rings (SSSR count). The molecule has 110 valence electrons. The first-order valence-electron chi connectivity index (χ1n) is 7.71. The summed E-state index contributed by atoms with van der Waals surface area (Å²) < 4.78 is 0. The highest BCUT2D eigenvalue weighted by molar-refractivity contribution is 5.93. The van der Waals surface area contributed by atoms with Gasteiger partial charge in [0.15, 0.2) is 0 Å². The molecule has 1 aliphatic carbocycles. The van der Waals surface area contributed by atoms with Crippen LogP contribution >= 0.6 is 0 Å². The maximum atomic E-state index is 11.0. The van der Waals surface area contributed by atoms with Gasteiger partial charge in [-0.05, 0) is 55.4 Å². The van der Waals surface area contributed by atoms with Crippen molar-refractivity contribution >= 4 is 11.6 Å². The van der Waals surface area contributed by atoms with Crippen molar-refractivity contribution in [2.45, 2.75) is 52.0 Å². The van der Waals surface area contributed by atoms with Crippen molar-refractivity contribution in [3.8, 4) is 0 Å². The molecule has 1 saturated carbocycles. The van der Waals surface area contributed by atoms with E-state index in [0.717, 1.165) is 17.5 Å². The molecule has 2 atom stereocenters. The quantitative estimate of drug-likeness (QED) is 0.858. The highest BCUT2D eigenvalue weighted by Gasteiger charge is 2.22. The van der Waals surface area contributed by atoms with Crippen LogP contribution in [0.5, 0.6) is 0 Å². The minimum Gasteiger partial charge on any atom is -0.382 e. The van der Waals surface area contributed by atoms with Crippen LogP contribution in [0.25, 0.3) is 0 Å². The van der Waals surface area contributed by atoms with Crippen molar-refractivity contribution < 1.29 is 4.79 Å². The topological polar surface area (TPSA) is 55.1 Å². The van der Waals surface area contributed by atoms with E-state index in [0.29, 0.717) is 11.6 Å².